The van der Waals surface area contributed by atoms with Crippen molar-refractivity contribution >= 4 is 17.4 Å². The van der Waals surface area contributed by atoms with Crippen LogP contribution in [-0.2, 0) is 55.8 Å². The van der Waals surface area contributed by atoms with Gasteiger partial charge in [0, 0.05) is 0 Å². The fourth-order valence-corrected chi connectivity index (χ4v) is 0. The molecule has 4 nitrogen and oxygen atoms in total. The van der Waals surface area contributed by atoms with Gasteiger partial charge in [0.1, 0.15) is 0 Å². The van der Waals surface area contributed by atoms with Crippen molar-refractivity contribution in [1.29, 1.82) is 0 Å². The molecule has 0 aliphatic carbocycles. The second kappa shape index (κ2) is 155. The Morgan fingerprint density at radius 3 is 0.571 bits per heavy atom. The minimum Gasteiger partial charge on any atom is -2.00 e. The molecule has 7 heteroatoms. The van der Waals surface area contributed by atoms with E-state index in [-0.39, 0.29) is 73.1 Å². The van der Waals surface area contributed by atoms with Crippen molar-refractivity contribution in [3.8, 4) is 0 Å². The van der Waals surface area contributed by atoms with Crippen molar-refractivity contribution < 1.29 is 55.8 Å². The third-order valence-electron chi connectivity index (χ3n) is 0. The quantitative estimate of drug-likeness (QED) is 0.454. The number of rotatable bonds is 0. The first-order valence-electron chi connectivity index (χ1n) is 0. The fourth-order valence-electron chi connectivity index (χ4n) is 0. The summed E-state index contributed by atoms with van der Waals surface area (Å²) in [7, 11) is 0. The molecule has 0 saturated heterocycles. The third kappa shape index (κ3) is 110. The van der Waals surface area contributed by atoms with Crippen LogP contribution in [0.3, 0.4) is 0 Å². The summed E-state index contributed by atoms with van der Waals surface area (Å²) >= 11 is 0. The zero-order valence-corrected chi connectivity index (χ0v) is 6.35. The molecular weight excluding hydrogens is 202 g/mol. The Labute approximate surface area is 73.1 Å². The second-order valence-electron chi connectivity index (χ2n) is 0. The Morgan fingerprint density at radius 2 is 0.571 bits per heavy atom. The molecule has 0 aliphatic heterocycles. The largest absolute Gasteiger partial charge is 3.00 e. The Kier molecular flexibility index (Phi) is 5200. The van der Waals surface area contributed by atoms with E-state index in [1.165, 1.54) is 0 Å². The summed E-state index contributed by atoms with van der Waals surface area (Å²) in [5.41, 5.74) is 0. The Morgan fingerprint density at radius 1 is 0.571 bits per heavy atom. The van der Waals surface area contributed by atoms with Crippen LogP contribution >= 0.6 is 0 Å². The van der Waals surface area contributed by atoms with Gasteiger partial charge in [-0.05, 0) is 0 Å². The first-order valence-corrected chi connectivity index (χ1v) is 0. The van der Waals surface area contributed by atoms with Crippen molar-refractivity contribution in [3.05, 3.63) is 0 Å². The molecule has 1 radical (unpaired) electrons. The Bertz CT molecular complexity index is 11.7. The Balaban J connectivity index is 0. The van der Waals surface area contributed by atoms with Crippen molar-refractivity contribution in [3.63, 3.8) is 0 Å². The number of hydrogen-bond donors (Lipinski definition) is 0. The average molecular weight is 202 g/mol. The van der Waals surface area contributed by atoms with E-state index in [0.717, 1.165) is 0 Å². The van der Waals surface area contributed by atoms with E-state index in [4.69, 9.17) is 0 Å². The molecule has 0 spiro atoms. The van der Waals surface area contributed by atoms with Crippen LogP contribution in [0.1, 0.15) is 0 Å². The molecule has 0 unspecified atom stereocenters. The summed E-state index contributed by atoms with van der Waals surface area (Å²) in [5.74, 6) is 0. The predicted octanol–water partition coefficient (Wildman–Crippen LogP) is -0.861. The molecule has 0 amide bonds. The molecular formula is AlCrNiO4. The van der Waals surface area contributed by atoms with Gasteiger partial charge in [-0.1, -0.05) is 0 Å². The van der Waals surface area contributed by atoms with Gasteiger partial charge in [-0.25, -0.2) is 0 Å². The van der Waals surface area contributed by atoms with Crippen LogP contribution in [0.2, 0.25) is 0 Å². The first kappa shape index (κ1) is 235. The van der Waals surface area contributed by atoms with Gasteiger partial charge in [-0.2, -0.15) is 0 Å². The summed E-state index contributed by atoms with van der Waals surface area (Å²) in [6, 6.07) is 0. The molecule has 0 N–H and O–H groups in total. The van der Waals surface area contributed by atoms with Gasteiger partial charge < -0.3 is 21.9 Å². The summed E-state index contributed by atoms with van der Waals surface area (Å²) in [5, 5.41) is 0. The minimum atomic E-state index is 0. The molecule has 7 heavy (non-hydrogen) atoms. The normalized spacial score (nSPS) is 0. The summed E-state index contributed by atoms with van der Waals surface area (Å²) < 4.78 is 0. The van der Waals surface area contributed by atoms with Gasteiger partial charge in [0.15, 0.2) is 0 Å². The van der Waals surface area contributed by atoms with E-state index in [0.29, 0.717) is 0 Å². The smallest absolute Gasteiger partial charge is 2.00 e. The third-order valence-corrected chi connectivity index (χ3v) is 0. The molecule has 0 saturated carbocycles. The minimum absolute atomic E-state index is 0. The molecule has 0 atom stereocenters. The van der Waals surface area contributed by atoms with E-state index < -0.39 is 0 Å². The maximum Gasteiger partial charge on any atom is 3.00 e. The monoisotopic (exact) mass is 201 g/mol. The van der Waals surface area contributed by atoms with Gasteiger partial charge in [0.05, 0.1) is 0 Å². The van der Waals surface area contributed by atoms with Gasteiger partial charge in [0.2, 0.25) is 0 Å². The van der Waals surface area contributed by atoms with Crippen LogP contribution in [0.5, 0.6) is 0 Å². The fraction of sp³-hybridized carbons (Fsp3) is 0. The van der Waals surface area contributed by atoms with Crippen LogP contribution in [0.25, 0.3) is 0 Å². The summed E-state index contributed by atoms with van der Waals surface area (Å²) in [4.78, 5) is 0. The molecule has 0 aromatic rings. The second-order valence-corrected chi connectivity index (χ2v) is 0. The van der Waals surface area contributed by atoms with E-state index in [1.54, 1.807) is 0 Å². The summed E-state index contributed by atoms with van der Waals surface area (Å²) in [6.45, 7) is 0. The molecule has 0 rings (SSSR count). The SMILES string of the molecule is [Al+3].[Cr+3].[Ni+2].[O-2].[O-2].[O-2].[O-2]. The Hall–Kier alpha value is 1.40. The van der Waals surface area contributed by atoms with Crippen molar-refractivity contribution in [1.82, 2.24) is 0 Å². The topological polar surface area (TPSA) is 114 Å². The van der Waals surface area contributed by atoms with Crippen LogP contribution in [-0.4, -0.2) is 17.4 Å². The molecule has 0 fully saturated rings. The zero-order chi connectivity index (χ0) is 0. The van der Waals surface area contributed by atoms with Crippen LogP contribution in [0, 0.1) is 0 Å². The molecule has 43 valence electrons. The van der Waals surface area contributed by atoms with Gasteiger partial charge in [-0.3, -0.25) is 0 Å². The molecule has 0 bridgehead atoms. The molecule has 0 heterocycles. The van der Waals surface area contributed by atoms with E-state index in [2.05, 4.69) is 0 Å². The number of hydrogen-bond acceptors (Lipinski definition) is 0. The van der Waals surface area contributed by atoms with Gasteiger partial charge in [0.25, 0.3) is 0 Å². The van der Waals surface area contributed by atoms with E-state index in [1.807, 2.05) is 0 Å². The zero-order valence-electron chi connectivity index (χ0n) is 2.93. The standard InChI is InChI=1S/Al.Cr.Ni.4O/q2*+3;+2;4*-2. The van der Waals surface area contributed by atoms with Crippen LogP contribution < -0.4 is 0 Å². The van der Waals surface area contributed by atoms with E-state index >= 15 is 0 Å². The molecule has 0 aromatic carbocycles. The predicted molar refractivity (Wildman–Crippen MR) is 8.50 cm³/mol. The molecule has 0 aliphatic rings. The van der Waals surface area contributed by atoms with Crippen LogP contribution in [0.15, 0.2) is 0 Å². The van der Waals surface area contributed by atoms with Crippen LogP contribution in [0.4, 0.5) is 0 Å². The van der Waals surface area contributed by atoms with Crippen molar-refractivity contribution in [2.24, 2.45) is 0 Å². The molecule has 0 aromatic heterocycles. The van der Waals surface area contributed by atoms with E-state index in [9.17, 15) is 0 Å². The maximum atomic E-state index is 0. The van der Waals surface area contributed by atoms with Gasteiger partial charge in [-0.15, -0.1) is 0 Å². The first-order chi connectivity index (χ1) is 0. The van der Waals surface area contributed by atoms with Crippen molar-refractivity contribution in [2.75, 3.05) is 0 Å². The van der Waals surface area contributed by atoms with Gasteiger partial charge >= 0.3 is 51.2 Å². The average Bonchev–Trinajstić information content (AvgIpc) is 0. The maximum absolute atomic E-state index is 0. The summed E-state index contributed by atoms with van der Waals surface area (Å²) in [6.07, 6.45) is 0. The van der Waals surface area contributed by atoms with Crippen molar-refractivity contribution in [2.45, 2.75) is 0 Å².